The summed E-state index contributed by atoms with van der Waals surface area (Å²) in [6.07, 6.45) is 0. The SMILES string of the molecule is [Ce+4].[O-2].[O]=[Ni].[Sm+3]. The summed E-state index contributed by atoms with van der Waals surface area (Å²) in [5, 5.41) is 0. The Labute approximate surface area is 104 Å². The average molecular weight is 381 g/mol. The van der Waals surface area contributed by atoms with Crippen LogP contribution in [-0.2, 0) is 24.8 Å². The van der Waals surface area contributed by atoms with E-state index in [1.165, 1.54) is 0 Å². The van der Waals surface area contributed by atoms with E-state index < -0.39 is 0 Å². The Bertz CT molecular complexity index is 9.61. The molecule has 27 valence electrons. The molecule has 0 atom stereocenters. The predicted octanol–water partition coefficient (Wildman–Crippen LogP) is -0.240. The van der Waals surface area contributed by atoms with Gasteiger partial charge in [0.25, 0.3) is 0 Å². The van der Waals surface area contributed by atoms with Gasteiger partial charge in [0.05, 0.1) is 0 Å². The normalized spacial score (nSPS) is 1.20. The summed E-state index contributed by atoms with van der Waals surface area (Å²) in [5.74, 6) is 0. The predicted molar refractivity (Wildman–Crippen MR) is 1.37 cm³/mol. The van der Waals surface area contributed by atoms with Gasteiger partial charge in [-0.05, 0) is 0 Å². The van der Waals surface area contributed by atoms with E-state index in [0.29, 0.717) is 0 Å². The van der Waals surface area contributed by atoms with Gasteiger partial charge < -0.3 is 5.48 Å². The smallest absolute Gasteiger partial charge is 3.00 e. The Hall–Kier alpha value is 2.97. The van der Waals surface area contributed by atoms with Crippen molar-refractivity contribution in [2.24, 2.45) is 0 Å². The number of rotatable bonds is 0. The molecule has 0 heterocycles. The summed E-state index contributed by atoms with van der Waals surface area (Å²) in [4.78, 5) is 0. The molecular formula is CeNiO2Sm+5. The largest absolute Gasteiger partial charge is 3.00 e. The van der Waals surface area contributed by atoms with Gasteiger partial charge in [-0.3, -0.25) is 0 Å². The molecule has 0 unspecified atom stereocenters. The van der Waals surface area contributed by atoms with Crippen molar-refractivity contribution in [1.29, 1.82) is 0 Å². The summed E-state index contributed by atoms with van der Waals surface area (Å²) in [6, 6.07) is 0. The summed E-state index contributed by atoms with van der Waals surface area (Å²) < 4.78 is 7.88. The van der Waals surface area contributed by atoms with Crippen molar-refractivity contribution in [3.8, 4) is 0 Å². The monoisotopic (exact) mass is 382 g/mol. The first-order chi connectivity index (χ1) is 1.00. The number of hydrogen-bond acceptors (Lipinski definition) is 1. The van der Waals surface area contributed by atoms with Gasteiger partial charge in [0, 0.05) is 0 Å². The Kier molecular flexibility index (Phi) is 138. The second kappa shape index (κ2) is 28.2. The summed E-state index contributed by atoms with van der Waals surface area (Å²) in [5.41, 5.74) is 0. The third-order valence-corrected chi connectivity index (χ3v) is 0. The summed E-state index contributed by atoms with van der Waals surface area (Å²) in [7, 11) is 0. The zero-order chi connectivity index (χ0) is 2.00. The third-order valence-electron chi connectivity index (χ3n) is 0. The first kappa shape index (κ1) is 24.6. The molecule has 2 nitrogen and oxygen atoms in total. The van der Waals surface area contributed by atoms with Crippen LogP contribution >= 0.6 is 0 Å². The molecule has 0 amide bonds. The first-order valence-corrected chi connectivity index (χ1v) is 0.532. The molecule has 0 bridgehead atoms. The van der Waals surface area contributed by atoms with Gasteiger partial charge in [-0.15, -0.1) is 0 Å². The van der Waals surface area contributed by atoms with E-state index in [2.05, 4.69) is 15.4 Å². The molecule has 0 N–H and O–H groups in total. The molecule has 0 aliphatic carbocycles. The van der Waals surface area contributed by atoms with Gasteiger partial charge in [0.1, 0.15) is 0 Å². The van der Waals surface area contributed by atoms with E-state index in [-0.39, 0.29) is 87.6 Å². The zero-order valence-corrected chi connectivity index (χ0v) is 8.79. The second-order valence-corrected chi connectivity index (χ2v) is 0. The van der Waals surface area contributed by atoms with E-state index in [1.807, 2.05) is 0 Å². The van der Waals surface area contributed by atoms with Gasteiger partial charge in [-0.1, -0.05) is 0 Å². The molecule has 1 radical (unpaired) electrons. The fraction of sp³-hybridized carbons (Fsp3) is 0. The number of hydrogen-bond donors (Lipinski definition) is 0. The van der Waals surface area contributed by atoms with Crippen LogP contribution < -0.4 is 0 Å². The fourth-order valence-corrected chi connectivity index (χ4v) is 0. The van der Waals surface area contributed by atoms with Gasteiger partial charge in [0.2, 0.25) is 0 Å². The molecule has 0 saturated carbocycles. The van der Waals surface area contributed by atoms with Crippen molar-refractivity contribution >= 4 is 0 Å². The molecule has 0 saturated heterocycles. The maximum absolute atomic E-state index is 7.88. The van der Waals surface area contributed by atoms with Crippen LogP contribution in [0.1, 0.15) is 0 Å². The molecule has 0 aromatic rings. The minimum Gasteiger partial charge on any atom is 3.00 e. The van der Waals surface area contributed by atoms with Crippen LogP contribution in [0.2, 0.25) is 0 Å². The molecule has 0 aromatic carbocycles. The molecule has 0 aromatic heterocycles. The summed E-state index contributed by atoms with van der Waals surface area (Å²) >= 11 is 2.62. The Morgan fingerprint density at radius 1 is 1.20 bits per heavy atom. The molecule has 5 heavy (non-hydrogen) atoms. The Morgan fingerprint density at radius 3 is 1.20 bits per heavy atom. The second-order valence-electron chi connectivity index (χ2n) is 0. The molecular weight excluding hydrogens is 381 g/mol. The van der Waals surface area contributed by atoms with Crippen molar-refractivity contribution < 1.29 is 107 Å². The zero-order valence-electron chi connectivity index (χ0n) is 2.04. The molecule has 0 aliphatic heterocycles. The van der Waals surface area contributed by atoms with Crippen molar-refractivity contribution in [1.82, 2.24) is 0 Å². The Balaban J connectivity index is -0.00000000167. The van der Waals surface area contributed by atoms with Crippen LogP contribution in [0, 0.1) is 82.1 Å². The van der Waals surface area contributed by atoms with Crippen LogP contribution in [0.4, 0.5) is 0 Å². The van der Waals surface area contributed by atoms with Crippen LogP contribution in [-0.4, -0.2) is 0 Å². The van der Waals surface area contributed by atoms with Gasteiger partial charge in [-0.2, -0.15) is 0 Å². The standard InChI is InChI=1S/Ce.Ni.2O.Sm/q+4;;;-2;+3. The quantitative estimate of drug-likeness (QED) is 0.535. The maximum Gasteiger partial charge on any atom is 3.00 e. The van der Waals surface area contributed by atoms with Crippen LogP contribution in [0.5, 0.6) is 0 Å². The maximum atomic E-state index is 7.88. The molecule has 0 fully saturated rings. The Morgan fingerprint density at radius 2 is 1.20 bits per heavy atom. The van der Waals surface area contributed by atoms with E-state index >= 15 is 0 Å². The third kappa shape index (κ3) is 19.5. The molecule has 0 spiro atoms. The van der Waals surface area contributed by atoms with Crippen molar-refractivity contribution in [3.63, 3.8) is 0 Å². The van der Waals surface area contributed by atoms with Crippen molar-refractivity contribution in [2.75, 3.05) is 0 Å². The minimum atomic E-state index is 0. The minimum absolute atomic E-state index is 0. The molecule has 0 aliphatic rings. The van der Waals surface area contributed by atoms with Crippen LogP contribution in [0.25, 0.3) is 0 Å². The van der Waals surface area contributed by atoms with Gasteiger partial charge in [-0.25, -0.2) is 0 Å². The first-order valence-electron chi connectivity index (χ1n) is 0.129. The van der Waals surface area contributed by atoms with E-state index in [9.17, 15) is 0 Å². The molecule has 0 rings (SSSR count). The van der Waals surface area contributed by atoms with Crippen molar-refractivity contribution in [2.45, 2.75) is 0 Å². The van der Waals surface area contributed by atoms with E-state index in [0.717, 1.165) is 0 Å². The van der Waals surface area contributed by atoms with Crippen LogP contribution in [0.3, 0.4) is 0 Å². The van der Waals surface area contributed by atoms with Gasteiger partial charge in [0.15, 0.2) is 0 Å². The van der Waals surface area contributed by atoms with Crippen LogP contribution in [0.15, 0.2) is 0 Å². The van der Waals surface area contributed by atoms with Gasteiger partial charge >= 0.3 is 101 Å². The topological polar surface area (TPSA) is 45.6 Å². The summed E-state index contributed by atoms with van der Waals surface area (Å²) in [6.45, 7) is 0. The molecule has 5 heteroatoms. The van der Waals surface area contributed by atoms with E-state index in [1.54, 1.807) is 0 Å². The average Bonchev–Trinajstić information content (AvgIpc) is 1.00. The fourth-order valence-electron chi connectivity index (χ4n) is 0. The van der Waals surface area contributed by atoms with E-state index in [4.69, 9.17) is 3.90 Å². The van der Waals surface area contributed by atoms with Crippen molar-refractivity contribution in [3.05, 3.63) is 0 Å².